The van der Waals surface area contributed by atoms with Crippen molar-refractivity contribution in [1.29, 1.82) is 0 Å². The zero-order valence-electron chi connectivity index (χ0n) is 31.2. The highest BCUT2D eigenvalue weighted by Gasteiger charge is 2.22. The lowest BCUT2D eigenvalue weighted by molar-refractivity contribution is -0.893. The number of quaternary nitrogens is 1. The predicted molar refractivity (Wildman–Crippen MR) is 199 cm³/mol. The minimum absolute atomic E-state index is 0.106. The van der Waals surface area contributed by atoms with Crippen molar-refractivity contribution in [2.75, 3.05) is 53.6 Å². The molecule has 0 bridgehead atoms. The molecule has 0 aliphatic heterocycles. The first-order chi connectivity index (χ1) is 22.1. The molecular formula is C41H82NO3+. The van der Waals surface area contributed by atoms with Crippen LogP contribution in [-0.2, 0) is 9.47 Å². The zero-order chi connectivity index (χ0) is 32.9. The minimum atomic E-state index is 0.106. The SMILES string of the molecule is CCCCCCC/C=C/CCCCCCCCOCC(C[N+](C)(C)CCO)OCCCCCCCC/C=C/CCCCCCC. The van der Waals surface area contributed by atoms with E-state index in [-0.39, 0.29) is 12.7 Å². The van der Waals surface area contributed by atoms with E-state index in [0.29, 0.717) is 6.61 Å². The van der Waals surface area contributed by atoms with Crippen LogP contribution in [0.25, 0.3) is 0 Å². The van der Waals surface area contributed by atoms with E-state index in [1.54, 1.807) is 0 Å². The van der Waals surface area contributed by atoms with Gasteiger partial charge in [-0.3, -0.25) is 0 Å². The van der Waals surface area contributed by atoms with E-state index < -0.39 is 0 Å². The Morgan fingerprint density at radius 2 is 0.889 bits per heavy atom. The molecule has 0 fully saturated rings. The van der Waals surface area contributed by atoms with Crippen molar-refractivity contribution in [2.24, 2.45) is 0 Å². The van der Waals surface area contributed by atoms with E-state index in [1.165, 1.54) is 154 Å². The first kappa shape index (κ1) is 44.3. The number of aliphatic hydroxyl groups is 1. The summed E-state index contributed by atoms with van der Waals surface area (Å²) in [6.45, 7) is 8.75. The van der Waals surface area contributed by atoms with E-state index in [9.17, 15) is 5.11 Å². The van der Waals surface area contributed by atoms with E-state index in [0.717, 1.165) is 43.6 Å². The van der Waals surface area contributed by atoms with Crippen LogP contribution in [0.1, 0.15) is 181 Å². The maximum absolute atomic E-state index is 9.48. The van der Waals surface area contributed by atoms with Gasteiger partial charge >= 0.3 is 0 Å². The van der Waals surface area contributed by atoms with Crippen molar-refractivity contribution >= 4 is 0 Å². The molecule has 0 aliphatic carbocycles. The molecule has 1 atom stereocenters. The van der Waals surface area contributed by atoms with E-state index in [4.69, 9.17) is 9.47 Å². The van der Waals surface area contributed by atoms with E-state index in [1.807, 2.05) is 0 Å². The van der Waals surface area contributed by atoms with E-state index >= 15 is 0 Å². The van der Waals surface area contributed by atoms with Gasteiger partial charge in [0.25, 0.3) is 0 Å². The summed E-state index contributed by atoms with van der Waals surface area (Å²) in [6.07, 6.45) is 44.0. The third kappa shape index (κ3) is 36.0. The molecule has 0 heterocycles. The van der Waals surface area contributed by atoms with Crippen molar-refractivity contribution in [2.45, 2.75) is 187 Å². The quantitative estimate of drug-likeness (QED) is 0.0419. The van der Waals surface area contributed by atoms with Crippen molar-refractivity contribution < 1.29 is 19.1 Å². The lowest BCUT2D eigenvalue weighted by Crippen LogP contribution is -2.49. The average Bonchev–Trinajstić information content (AvgIpc) is 3.02. The molecular weight excluding hydrogens is 554 g/mol. The Morgan fingerprint density at radius 3 is 1.31 bits per heavy atom. The standard InChI is InChI=1S/C41H82NO3/c1-5-7-9-11-13-15-17-19-21-23-25-27-29-31-33-37-44-40-41(39-42(3,4)35-36-43)45-38-34-32-30-28-26-24-22-20-18-16-14-12-10-8-6-2/h17-20,41,43H,5-16,21-40H2,1-4H3/q+1/b19-17+,20-18+. The fourth-order valence-corrected chi connectivity index (χ4v) is 5.98. The summed E-state index contributed by atoms with van der Waals surface area (Å²) in [7, 11) is 4.36. The Balaban J connectivity index is 3.82. The molecule has 268 valence electrons. The average molecular weight is 637 g/mol. The van der Waals surface area contributed by atoms with Gasteiger partial charge in [-0.05, 0) is 64.2 Å². The number of nitrogens with zero attached hydrogens (tertiary/aromatic N) is 1. The molecule has 4 heteroatoms. The fraction of sp³-hybridized carbons (Fsp3) is 0.902. The number of hydrogen-bond donors (Lipinski definition) is 1. The zero-order valence-corrected chi connectivity index (χ0v) is 31.2. The lowest BCUT2D eigenvalue weighted by Gasteiger charge is -2.32. The highest BCUT2D eigenvalue weighted by atomic mass is 16.5. The number of aliphatic hydroxyl groups excluding tert-OH is 1. The van der Waals surface area contributed by atoms with Gasteiger partial charge in [-0.1, -0.05) is 141 Å². The highest BCUT2D eigenvalue weighted by molar-refractivity contribution is 4.82. The predicted octanol–water partition coefficient (Wildman–Crippen LogP) is 11.8. The molecule has 0 saturated heterocycles. The number of allylic oxidation sites excluding steroid dienone is 4. The molecule has 0 aromatic heterocycles. The summed E-state index contributed by atoms with van der Waals surface area (Å²) in [4.78, 5) is 0. The van der Waals surface area contributed by atoms with Crippen LogP contribution in [0.3, 0.4) is 0 Å². The molecule has 0 spiro atoms. The molecule has 0 amide bonds. The summed E-state index contributed by atoms with van der Waals surface area (Å²) in [5, 5.41) is 9.48. The van der Waals surface area contributed by atoms with Crippen molar-refractivity contribution in [3.8, 4) is 0 Å². The third-order valence-corrected chi connectivity index (χ3v) is 9.02. The van der Waals surface area contributed by atoms with Crippen LogP contribution in [0.4, 0.5) is 0 Å². The number of hydrogen-bond acceptors (Lipinski definition) is 3. The fourth-order valence-electron chi connectivity index (χ4n) is 5.98. The number of rotatable bonds is 37. The summed E-state index contributed by atoms with van der Waals surface area (Å²) in [5.74, 6) is 0. The topological polar surface area (TPSA) is 38.7 Å². The molecule has 0 aromatic rings. The van der Waals surface area contributed by atoms with Gasteiger partial charge in [-0.2, -0.15) is 0 Å². The maximum atomic E-state index is 9.48. The normalized spacial score (nSPS) is 13.1. The van der Waals surface area contributed by atoms with Crippen molar-refractivity contribution in [3.05, 3.63) is 24.3 Å². The van der Waals surface area contributed by atoms with Gasteiger partial charge in [0.15, 0.2) is 0 Å². The molecule has 1 unspecified atom stereocenters. The van der Waals surface area contributed by atoms with Gasteiger partial charge < -0.3 is 19.1 Å². The number of likely N-dealkylation sites (N-methyl/N-ethyl adjacent to an activating group) is 1. The van der Waals surface area contributed by atoms with Crippen molar-refractivity contribution in [3.63, 3.8) is 0 Å². The number of unbranched alkanes of at least 4 members (excludes halogenated alkanes) is 22. The summed E-state index contributed by atoms with van der Waals surface area (Å²) in [6, 6.07) is 0. The molecule has 0 radical (unpaired) electrons. The summed E-state index contributed by atoms with van der Waals surface area (Å²) < 4.78 is 13.2. The second-order valence-electron chi connectivity index (χ2n) is 14.3. The Kier molecular flexibility index (Phi) is 35.6. The summed E-state index contributed by atoms with van der Waals surface area (Å²) >= 11 is 0. The van der Waals surface area contributed by atoms with Gasteiger partial charge in [-0.25, -0.2) is 0 Å². The summed E-state index contributed by atoms with van der Waals surface area (Å²) in [5.41, 5.74) is 0. The first-order valence-electron chi connectivity index (χ1n) is 20.0. The second-order valence-corrected chi connectivity index (χ2v) is 14.3. The molecule has 1 N–H and O–H groups in total. The number of ether oxygens (including phenoxy) is 2. The molecule has 0 aliphatic rings. The third-order valence-electron chi connectivity index (χ3n) is 9.02. The molecule has 45 heavy (non-hydrogen) atoms. The van der Waals surface area contributed by atoms with Crippen LogP contribution in [0.15, 0.2) is 24.3 Å². The Labute approximate surface area is 283 Å². The Hall–Kier alpha value is -0.680. The van der Waals surface area contributed by atoms with Gasteiger partial charge in [-0.15, -0.1) is 0 Å². The maximum Gasteiger partial charge on any atom is 0.130 e. The Morgan fingerprint density at radius 1 is 0.511 bits per heavy atom. The molecule has 0 aromatic carbocycles. The molecule has 4 nitrogen and oxygen atoms in total. The first-order valence-corrected chi connectivity index (χ1v) is 20.0. The smallest absolute Gasteiger partial charge is 0.130 e. The highest BCUT2D eigenvalue weighted by Crippen LogP contribution is 2.12. The lowest BCUT2D eigenvalue weighted by atomic mass is 10.1. The van der Waals surface area contributed by atoms with Crippen LogP contribution in [-0.4, -0.2) is 69.3 Å². The van der Waals surface area contributed by atoms with Crippen LogP contribution < -0.4 is 0 Å². The van der Waals surface area contributed by atoms with Crippen LogP contribution in [0.2, 0.25) is 0 Å². The van der Waals surface area contributed by atoms with Crippen LogP contribution >= 0.6 is 0 Å². The Bertz CT molecular complexity index is 618. The van der Waals surface area contributed by atoms with Gasteiger partial charge in [0.2, 0.25) is 0 Å². The van der Waals surface area contributed by atoms with E-state index in [2.05, 4.69) is 52.2 Å². The van der Waals surface area contributed by atoms with Crippen molar-refractivity contribution in [1.82, 2.24) is 0 Å². The monoisotopic (exact) mass is 637 g/mol. The van der Waals surface area contributed by atoms with Gasteiger partial charge in [0.05, 0.1) is 27.3 Å². The van der Waals surface area contributed by atoms with Gasteiger partial charge in [0, 0.05) is 13.2 Å². The van der Waals surface area contributed by atoms with Gasteiger partial charge in [0.1, 0.15) is 19.2 Å². The van der Waals surface area contributed by atoms with Crippen LogP contribution in [0, 0.1) is 0 Å². The van der Waals surface area contributed by atoms with Crippen LogP contribution in [0.5, 0.6) is 0 Å². The largest absolute Gasteiger partial charge is 0.391 e. The molecule has 0 rings (SSSR count). The molecule has 0 saturated carbocycles. The minimum Gasteiger partial charge on any atom is -0.391 e. The second kappa shape index (κ2) is 36.2.